The average Bonchev–Trinajstić information content (AvgIpc) is 2.14. The summed E-state index contributed by atoms with van der Waals surface area (Å²) >= 11 is 1.85. The summed E-state index contributed by atoms with van der Waals surface area (Å²) in [5, 5.41) is 11.6. The fourth-order valence-electron chi connectivity index (χ4n) is 0.245. The number of hydrogen-bond acceptors (Lipinski definition) is 4. The molecule has 0 amide bonds. The van der Waals surface area contributed by atoms with Gasteiger partial charge >= 0.3 is 3.83 Å². The van der Waals surface area contributed by atoms with E-state index in [1.807, 2.05) is 22.6 Å². The molecule has 1 heterocycles. The third-order valence-corrected chi connectivity index (χ3v) is 0.943. The normalized spacial score (nSPS) is 9.12. The zero-order valence-corrected chi connectivity index (χ0v) is 5.73. The summed E-state index contributed by atoms with van der Waals surface area (Å²) < 4.78 is 0.460. The van der Waals surface area contributed by atoms with Gasteiger partial charge in [-0.2, -0.15) is 0 Å². The third-order valence-electron chi connectivity index (χ3n) is 0.486. The van der Waals surface area contributed by atoms with Crippen LogP contribution in [0.4, 0.5) is 0 Å². The van der Waals surface area contributed by atoms with Crippen molar-refractivity contribution < 1.29 is 4.91 Å². The highest BCUT2D eigenvalue weighted by Gasteiger charge is 2.04. The topological polar surface area (TPSA) is 74.9 Å². The second-order valence-corrected chi connectivity index (χ2v) is 1.92. The van der Waals surface area contributed by atoms with E-state index in [0.717, 1.165) is 4.91 Å². The highest BCUT2D eigenvalue weighted by atomic mass is 127. The number of halogens is 1. The SMILES string of the molecule is O=N[n+]1nc(I)n[nH]1. The van der Waals surface area contributed by atoms with Gasteiger partial charge in [-0.05, 0) is 5.21 Å². The zero-order valence-electron chi connectivity index (χ0n) is 3.58. The minimum absolute atomic E-state index is 0.460. The highest BCUT2D eigenvalue weighted by molar-refractivity contribution is 14.1. The van der Waals surface area contributed by atoms with Gasteiger partial charge in [-0.1, -0.05) is 4.91 Å². The lowest BCUT2D eigenvalue weighted by molar-refractivity contribution is -0.792. The molecule has 42 valence electrons. The molecule has 7 heteroatoms. The summed E-state index contributed by atoms with van der Waals surface area (Å²) in [7, 11) is 0. The first-order chi connectivity index (χ1) is 3.83. The third kappa shape index (κ3) is 0.967. The molecule has 0 aliphatic carbocycles. The van der Waals surface area contributed by atoms with E-state index < -0.39 is 0 Å². The molecule has 6 nitrogen and oxygen atoms in total. The van der Waals surface area contributed by atoms with Gasteiger partial charge in [0.1, 0.15) is 4.91 Å². The molecule has 0 aromatic carbocycles. The summed E-state index contributed by atoms with van der Waals surface area (Å²) in [5.74, 6) is 0. The van der Waals surface area contributed by atoms with Crippen LogP contribution >= 0.6 is 22.6 Å². The van der Waals surface area contributed by atoms with Gasteiger partial charge in [-0.15, -0.1) is 0 Å². The van der Waals surface area contributed by atoms with E-state index in [4.69, 9.17) is 0 Å². The van der Waals surface area contributed by atoms with Crippen LogP contribution in [0.2, 0.25) is 0 Å². The van der Waals surface area contributed by atoms with Crippen molar-refractivity contribution in [2.45, 2.75) is 0 Å². The quantitative estimate of drug-likeness (QED) is 0.388. The maximum atomic E-state index is 9.60. The second-order valence-electron chi connectivity index (χ2n) is 0.952. The Hall–Kier alpha value is -0.600. The number of hydrogen-bond donors (Lipinski definition) is 1. The zero-order chi connectivity index (χ0) is 5.98. The highest BCUT2D eigenvalue weighted by Crippen LogP contribution is 1.84. The Balaban J connectivity index is 3.00. The largest absolute Gasteiger partial charge is 0.369 e. The summed E-state index contributed by atoms with van der Waals surface area (Å²) in [5.41, 5.74) is 0. The standard InChI is InChI=1S/CIN5O/c2-1-3-5-7(4-1)6-8/p+1. The van der Waals surface area contributed by atoms with Crippen LogP contribution in [0, 0.1) is 8.74 Å². The van der Waals surface area contributed by atoms with E-state index in [0.29, 0.717) is 3.83 Å². The maximum absolute atomic E-state index is 9.60. The Morgan fingerprint density at radius 3 is 2.88 bits per heavy atom. The average molecular weight is 226 g/mol. The fourth-order valence-corrected chi connectivity index (χ4v) is 0.558. The summed E-state index contributed by atoms with van der Waals surface area (Å²) in [4.78, 5) is 10.3. The lowest BCUT2D eigenvalue weighted by Crippen LogP contribution is -2.32. The fraction of sp³-hybridized carbons (Fsp3) is 0. The van der Waals surface area contributed by atoms with Crippen LogP contribution < -0.4 is 4.91 Å². The van der Waals surface area contributed by atoms with Crippen molar-refractivity contribution >= 4 is 22.6 Å². The predicted octanol–water partition coefficient (Wildman–Crippen LogP) is -0.774. The summed E-state index contributed by atoms with van der Waals surface area (Å²) in [6, 6.07) is 0. The molecule has 1 aromatic rings. The lowest BCUT2D eigenvalue weighted by atomic mass is 11.4. The van der Waals surface area contributed by atoms with Crippen LogP contribution in [0.1, 0.15) is 0 Å². The molecule has 0 aliphatic heterocycles. The van der Waals surface area contributed by atoms with Gasteiger partial charge in [0.15, 0.2) is 0 Å². The van der Waals surface area contributed by atoms with Crippen molar-refractivity contribution in [2.24, 2.45) is 5.29 Å². The number of H-pyrrole nitrogens is 1. The smallest absolute Gasteiger partial charge is 0.0983 e. The monoisotopic (exact) mass is 226 g/mol. The first kappa shape index (κ1) is 5.54. The van der Waals surface area contributed by atoms with Crippen molar-refractivity contribution in [3.8, 4) is 0 Å². The summed E-state index contributed by atoms with van der Waals surface area (Å²) in [6.07, 6.45) is 0. The molecule has 0 bridgehead atoms. The second kappa shape index (κ2) is 2.11. The van der Waals surface area contributed by atoms with Gasteiger partial charge in [-0.25, -0.2) is 0 Å². The first-order valence-corrected chi connectivity index (χ1v) is 2.74. The minimum atomic E-state index is 0.460. The van der Waals surface area contributed by atoms with E-state index in [1.54, 1.807) is 0 Å². The molecule has 1 rings (SSSR count). The molecule has 0 saturated carbocycles. The number of nitroso groups, excluding NO2 is 1. The van der Waals surface area contributed by atoms with Crippen molar-refractivity contribution in [2.75, 3.05) is 0 Å². The Labute approximate surface area is 57.3 Å². The van der Waals surface area contributed by atoms with Crippen LogP contribution in [0.3, 0.4) is 0 Å². The Kier molecular flexibility index (Phi) is 1.46. The van der Waals surface area contributed by atoms with E-state index >= 15 is 0 Å². The molecule has 0 fully saturated rings. The Morgan fingerprint density at radius 1 is 1.88 bits per heavy atom. The van der Waals surface area contributed by atoms with Crippen molar-refractivity contribution in [1.82, 2.24) is 15.4 Å². The van der Waals surface area contributed by atoms with Gasteiger partial charge in [0.25, 0.3) is 0 Å². The maximum Gasteiger partial charge on any atom is 0.369 e. The molecule has 0 aliphatic rings. The van der Waals surface area contributed by atoms with Gasteiger partial charge in [0.05, 0.1) is 5.10 Å². The lowest BCUT2D eigenvalue weighted by Gasteiger charge is -1.59. The molecule has 8 heavy (non-hydrogen) atoms. The van der Waals surface area contributed by atoms with Gasteiger partial charge < -0.3 is 0 Å². The van der Waals surface area contributed by atoms with Crippen molar-refractivity contribution in [1.29, 1.82) is 0 Å². The molecule has 0 unspecified atom stereocenters. The number of rotatable bonds is 1. The number of nitrogens with zero attached hydrogens (tertiary/aromatic N) is 4. The van der Waals surface area contributed by atoms with Gasteiger partial charge in [-0.3, -0.25) is 0 Å². The summed E-state index contributed by atoms with van der Waals surface area (Å²) in [6.45, 7) is 0. The molecular weight excluding hydrogens is 225 g/mol. The van der Waals surface area contributed by atoms with Crippen LogP contribution in [0.5, 0.6) is 0 Å². The van der Waals surface area contributed by atoms with Gasteiger partial charge in [0.2, 0.25) is 5.29 Å². The van der Waals surface area contributed by atoms with Crippen LogP contribution in [0.15, 0.2) is 5.29 Å². The number of tetrazole rings is 1. The molecule has 0 radical (unpaired) electrons. The van der Waals surface area contributed by atoms with Gasteiger partial charge in [0, 0.05) is 27.7 Å². The Morgan fingerprint density at radius 2 is 2.62 bits per heavy atom. The van der Waals surface area contributed by atoms with Crippen molar-refractivity contribution in [3.05, 3.63) is 8.74 Å². The van der Waals surface area contributed by atoms with E-state index in [9.17, 15) is 4.91 Å². The van der Waals surface area contributed by atoms with Crippen LogP contribution in [-0.4, -0.2) is 15.4 Å². The molecule has 0 spiro atoms. The van der Waals surface area contributed by atoms with Crippen molar-refractivity contribution in [3.63, 3.8) is 0 Å². The predicted molar refractivity (Wildman–Crippen MR) is 30.5 cm³/mol. The number of aromatic nitrogens is 4. The molecule has 1 N–H and O–H groups in total. The molecule has 0 atom stereocenters. The van der Waals surface area contributed by atoms with E-state index in [-0.39, 0.29) is 0 Å². The number of nitrogens with one attached hydrogen (secondary N) is 1. The number of aromatic amines is 1. The van der Waals surface area contributed by atoms with Crippen LogP contribution in [-0.2, 0) is 0 Å². The van der Waals surface area contributed by atoms with Crippen LogP contribution in [0.25, 0.3) is 0 Å². The van der Waals surface area contributed by atoms with E-state index in [1.165, 1.54) is 0 Å². The molecule has 0 saturated heterocycles. The van der Waals surface area contributed by atoms with E-state index in [2.05, 4.69) is 20.7 Å². The molecular formula is CHIN5O+. The first-order valence-electron chi connectivity index (χ1n) is 1.67. The minimum Gasteiger partial charge on any atom is -0.0983 e. The molecule has 1 aromatic heterocycles. The Bertz CT molecular complexity index is 194.